The first-order valence-corrected chi connectivity index (χ1v) is 5.88. The predicted octanol–water partition coefficient (Wildman–Crippen LogP) is 3.40. The van der Waals surface area contributed by atoms with Gasteiger partial charge in [-0.15, -0.1) is 0 Å². The summed E-state index contributed by atoms with van der Waals surface area (Å²) in [4.78, 5) is 0. The minimum Gasteiger partial charge on any atom is -0.309 e. The lowest BCUT2D eigenvalue weighted by Gasteiger charge is -2.12. The largest absolute Gasteiger partial charge is 0.309 e. The summed E-state index contributed by atoms with van der Waals surface area (Å²) in [5, 5.41) is 3.41. The molecule has 1 aliphatic rings. The molecule has 0 bridgehead atoms. The van der Waals surface area contributed by atoms with Crippen LogP contribution in [0.5, 0.6) is 0 Å². The van der Waals surface area contributed by atoms with Crippen LogP contribution >= 0.6 is 15.9 Å². The van der Waals surface area contributed by atoms with E-state index in [1.165, 1.54) is 6.07 Å². The zero-order chi connectivity index (χ0) is 10.7. The normalized spacial score (nSPS) is 16.1. The highest BCUT2D eigenvalue weighted by molar-refractivity contribution is 9.10. The van der Waals surface area contributed by atoms with E-state index in [4.69, 9.17) is 0 Å². The van der Waals surface area contributed by atoms with Gasteiger partial charge in [0.15, 0.2) is 0 Å². The van der Waals surface area contributed by atoms with Gasteiger partial charge in [-0.05, 0) is 40.4 Å². The first kappa shape index (κ1) is 10.8. The van der Waals surface area contributed by atoms with E-state index in [9.17, 15) is 4.39 Å². The number of hydrogen-bond donors (Lipinski definition) is 1. The Labute approximate surface area is 97.5 Å². The lowest BCUT2D eigenvalue weighted by molar-refractivity contribution is 0.534. The number of benzene rings is 1. The van der Waals surface area contributed by atoms with Crippen LogP contribution in [0.2, 0.25) is 0 Å². The molecule has 0 fully saturated rings. The fourth-order valence-corrected chi connectivity index (χ4v) is 2.13. The molecule has 0 spiro atoms. The first-order chi connectivity index (χ1) is 7.27. The molecule has 0 aromatic heterocycles. The summed E-state index contributed by atoms with van der Waals surface area (Å²) in [5.74, 6) is -0.196. The Morgan fingerprint density at radius 1 is 1.33 bits per heavy atom. The van der Waals surface area contributed by atoms with Gasteiger partial charge in [0.05, 0.1) is 4.47 Å². The molecule has 1 aromatic rings. The summed E-state index contributed by atoms with van der Waals surface area (Å²) >= 11 is 3.26. The van der Waals surface area contributed by atoms with Crippen molar-refractivity contribution in [3.05, 3.63) is 46.2 Å². The molecule has 1 nitrogen and oxygen atoms in total. The topological polar surface area (TPSA) is 12.0 Å². The van der Waals surface area contributed by atoms with E-state index in [2.05, 4.69) is 33.4 Å². The first-order valence-electron chi connectivity index (χ1n) is 5.08. The SMILES string of the molecule is Fc1cccc(CNC2CC=CC2)c1Br. The minimum atomic E-state index is -0.196. The Kier molecular flexibility index (Phi) is 3.54. The Morgan fingerprint density at radius 2 is 2.07 bits per heavy atom. The molecule has 1 aliphatic carbocycles. The molecule has 0 heterocycles. The van der Waals surface area contributed by atoms with Gasteiger partial charge in [-0.3, -0.25) is 0 Å². The molecule has 15 heavy (non-hydrogen) atoms. The Bertz CT molecular complexity index is 368. The van der Waals surface area contributed by atoms with Gasteiger partial charge >= 0.3 is 0 Å². The smallest absolute Gasteiger partial charge is 0.137 e. The molecule has 3 heteroatoms. The van der Waals surface area contributed by atoms with E-state index in [1.807, 2.05) is 6.07 Å². The lowest BCUT2D eigenvalue weighted by Crippen LogP contribution is -2.25. The van der Waals surface area contributed by atoms with Crippen molar-refractivity contribution < 1.29 is 4.39 Å². The average Bonchev–Trinajstić information content (AvgIpc) is 2.73. The molecule has 0 radical (unpaired) electrons. The summed E-state index contributed by atoms with van der Waals surface area (Å²) < 4.78 is 13.8. The molecule has 1 aromatic carbocycles. The van der Waals surface area contributed by atoms with E-state index >= 15 is 0 Å². The van der Waals surface area contributed by atoms with Gasteiger partial charge in [-0.25, -0.2) is 4.39 Å². The van der Waals surface area contributed by atoms with Crippen molar-refractivity contribution >= 4 is 15.9 Å². The Balaban J connectivity index is 1.95. The minimum absolute atomic E-state index is 0.196. The second kappa shape index (κ2) is 4.90. The quantitative estimate of drug-likeness (QED) is 0.830. The van der Waals surface area contributed by atoms with Crippen LogP contribution in [0.15, 0.2) is 34.8 Å². The molecule has 0 amide bonds. The summed E-state index contributed by atoms with van der Waals surface area (Å²) in [7, 11) is 0. The van der Waals surface area contributed by atoms with Crippen molar-refractivity contribution in [1.82, 2.24) is 5.32 Å². The second-order valence-corrected chi connectivity index (χ2v) is 4.53. The maximum absolute atomic E-state index is 13.2. The molecule has 1 N–H and O–H groups in total. The number of rotatable bonds is 3. The molecule has 0 unspecified atom stereocenters. The van der Waals surface area contributed by atoms with Crippen LogP contribution in [-0.2, 0) is 6.54 Å². The van der Waals surface area contributed by atoms with E-state index < -0.39 is 0 Å². The number of hydrogen-bond acceptors (Lipinski definition) is 1. The van der Waals surface area contributed by atoms with Gasteiger partial charge in [0.1, 0.15) is 5.82 Å². The molecular weight excluding hydrogens is 257 g/mol. The summed E-state index contributed by atoms with van der Waals surface area (Å²) in [6.07, 6.45) is 6.51. The molecule has 0 saturated carbocycles. The molecule has 2 rings (SSSR count). The highest BCUT2D eigenvalue weighted by Gasteiger charge is 2.10. The summed E-state index contributed by atoms with van der Waals surface area (Å²) in [5.41, 5.74) is 0.974. The fraction of sp³-hybridized carbons (Fsp3) is 0.333. The second-order valence-electron chi connectivity index (χ2n) is 3.73. The van der Waals surface area contributed by atoms with Crippen molar-refractivity contribution in [2.45, 2.75) is 25.4 Å². The zero-order valence-electron chi connectivity index (χ0n) is 8.34. The van der Waals surface area contributed by atoms with Gasteiger partial charge in [-0.1, -0.05) is 24.3 Å². The molecule has 0 aliphatic heterocycles. The third-order valence-electron chi connectivity index (χ3n) is 2.62. The van der Waals surface area contributed by atoms with Gasteiger partial charge < -0.3 is 5.32 Å². The van der Waals surface area contributed by atoms with Crippen LogP contribution < -0.4 is 5.32 Å². The monoisotopic (exact) mass is 269 g/mol. The highest BCUT2D eigenvalue weighted by Crippen LogP contribution is 2.20. The van der Waals surface area contributed by atoms with E-state index in [0.29, 0.717) is 17.1 Å². The van der Waals surface area contributed by atoms with Crippen molar-refractivity contribution in [3.8, 4) is 0 Å². The maximum Gasteiger partial charge on any atom is 0.137 e. The van der Waals surface area contributed by atoms with Gasteiger partial charge in [0.25, 0.3) is 0 Å². The van der Waals surface area contributed by atoms with Crippen molar-refractivity contribution in [3.63, 3.8) is 0 Å². The fourth-order valence-electron chi connectivity index (χ4n) is 1.72. The van der Waals surface area contributed by atoms with Crippen LogP contribution in [-0.4, -0.2) is 6.04 Å². The van der Waals surface area contributed by atoms with Gasteiger partial charge in [0.2, 0.25) is 0 Å². The third-order valence-corrected chi connectivity index (χ3v) is 3.51. The maximum atomic E-state index is 13.2. The van der Waals surface area contributed by atoms with Crippen LogP contribution in [0.1, 0.15) is 18.4 Å². The van der Waals surface area contributed by atoms with Crippen molar-refractivity contribution in [1.29, 1.82) is 0 Å². The molecule has 0 atom stereocenters. The van der Waals surface area contributed by atoms with Crippen LogP contribution in [0.4, 0.5) is 4.39 Å². The van der Waals surface area contributed by atoms with Crippen LogP contribution in [0.25, 0.3) is 0 Å². The predicted molar refractivity (Wildman–Crippen MR) is 63.1 cm³/mol. The van der Waals surface area contributed by atoms with Crippen molar-refractivity contribution in [2.75, 3.05) is 0 Å². The third kappa shape index (κ3) is 2.67. The van der Waals surface area contributed by atoms with E-state index in [1.54, 1.807) is 6.07 Å². The Hall–Kier alpha value is -0.670. The Morgan fingerprint density at radius 3 is 2.80 bits per heavy atom. The van der Waals surface area contributed by atoms with Gasteiger partial charge in [-0.2, -0.15) is 0 Å². The zero-order valence-corrected chi connectivity index (χ0v) is 9.93. The van der Waals surface area contributed by atoms with E-state index in [-0.39, 0.29) is 5.82 Å². The molecule has 0 saturated heterocycles. The van der Waals surface area contributed by atoms with Crippen LogP contribution in [0.3, 0.4) is 0 Å². The summed E-state index contributed by atoms with van der Waals surface area (Å²) in [6.45, 7) is 0.713. The van der Waals surface area contributed by atoms with Gasteiger partial charge in [0, 0.05) is 12.6 Å². The summed E-state index contributed by atoms with van der Waals surface area (Å²) in [6, 6.07) is 5.65. The number of nitrogens with one attached hydrogen (secondary N) is 1. The van der Waals surface area contributed by atoms with Crippen LogP contribution in [0, 0.1) is 5.82 Å². The highest BCUT2D eigenvalue weighted by atomic mass is 79.9. The molecule has 80 valence electrons. The van der Waals surface area contributed by atoms with E-state index in [0.717, 1.165) is 18.4 Å². The standard InChI is InChI=1S/C12H13BrFN/c13-12-9(4-3-7-11(12)14)8-15-10-5-1-2-6-10/h1-4,7,10,15H,5-6,8H2. The number of halogens is 2. The average molecular weight is 270 g/mol. The molecular formula is C12H13BrFN. The lowest BCUT2D eigenvalue weighted by atomic mass is 10.2. The van der Waals surface area contributed by atoms with Crippen molar-refractivity contribution in [2.24, 2.45) is 0 Å².